The second-order valence-corrected chi connectivity index (χ2v) is 7.90. The van der Waals surface area contributed by atoms with Crippen molar-refractivity contribution in [2.45, 2.75) is 32.2 Å². The van der Waals surface area contributed by atoms with E-state index in [0.29, 0.717) is 24.4 Å². The Kier molecular flexibility index (Phi) is 4.94. The number of carboxylic acid groups (broad SMARTS) is 1. The fourth-order valence-electron chi connectivity index (χ4n) is 3.54. The van der Waals surface area contributed by atoms with E-state index in [1.54, 1.807) is 11.3 Å². The second kappa shape index (κ2) is 7.52. The van der Waals surface area contributed by atoms with Crippen LogP contribution in [0.15, 0.2) is 40.8 Å². The lowest BCUT2D eigenvalue weighted by Gasteiger charge is -2.25. The number of aromatic nitrogens is 1. The monoisotopic (exact) mass is 384 g/mol. The number of nitrogens with one attached hydrogen (secondary N) is 1. The van der Waals surface area contributed by atoms with Crippen molar-refractivity contribution in [2.24, 2.45) is 11.8 Å². The average molecular weight is 384 g/mol. The van der Waals surface area contributed by atoms with E-state index in [1.807, 2.05) is 36.4 Å². The van der Waals surface area contributed by atoms with Crippen LogP contribution in [0.2, 0.25) is 0 Å². The molecule has 0 saturated heterocycles. The number of carbonyl (C=O) groups is 2. The molecule has 1 fully saturated rings. The zero-order valence-electron chi connectivity index (χ0n) is 14.7. The van der Waals surface area contributed by atoms with Crippen LogP contribution >= 0.6 is 11.3 Å². The Morgan fingerprint density at radius 2 is 2.00 bits per heavy atom. The second-order valence-electron chi connectivity index (χ2n) is 6.87. The van der Waals surface area contributed by atoms with Gasteiger partial charge in [-0.05, 0) is 43.5 Å². The molecule has 2 unspecified atom stereocenters. The van der Waals surface area contributed by atoms with Gasteiger partial charge in [0.25, 0.3) is 0 Å². The summed E-state index contributed by atoms with van der Waals surface area (Å²) >= 11 is 1.57. The van der Waals surface area contributed by atoms with E-state index in [2.05, 4.69) is 10.3 Å². The van der Waals surface area contributed by atoms with Crippen molar-refractivity contribution in [2.75, 3.05) is 0 Å². The summed E-state index contributed by atoms with van der Waals surface area (Å²) < 4.78 is 6.94. The van der Waals surface area contributed by atoms with E-state index < -0.39 is 11.9 Å². The molecular weight excluding hydrogens is 364 g/mol. The molecule has 0 aliphatic heterocycles. The number of hydrogen-bond acceptors (Lipinski definition) is 5. The van der Waals surface area contributed by atoms with Crippen LogP contribution in [0, 0.1) is 11.8 Å². The summed E-state index contributed by atoms with van der Waals surface area (Å²) in [5.41, 5.74) is 0.939. The van der Waals surface area contributed by atoms with E-state index in [4.69, 9.17) is 9.52 Å². The van der Waals surface area contributed by atoms with Crippen LogP contribution in [0.25, 0.3) is 21.0 Å². The number of fused-ring (bicyclic) bond motifs is 1. The zero-order valence-corrected chi connectivity index (χ0v) is 15.5. The number of thiazole rings is 1. The highest BCUT2D eigenvalue weighted by atomic mass is 32.1. The van der Waals surface area contributed by atoms with Crippen molar-refractivity contribution < 1.29 is 19.1 Å². The van der Waals surface area contributed by atoms with Crippen LogP contribution < -0.4 is 5.32 Å². The highest BCUT2D eigenvalue weighted by molar-refractivity contribution is 7.21. The predicted molar refractivity (Wildman–Crippen MR) is 102 cm³/mol. The number of carboxylic acids is 1. The Morgan fingerprint density at radius 1 is 1.19 bits per heavy atom. The Morgan fingerprint density at radius 3 is 2.81 bits per heavy atom. The predicted octanol–water partition coefficient (Wildman–Crippen LogP) is 4.06. The molecule has 2 heterocycles. The highest BCUT2D eigenvalue weighted by Crippen LogP contribution is 2.32. The molecule has 2 atom stereocenters. The summed E-state index contributed by atoms with van der Waals surface area (Å²) in [6, 6.07) is 11.6. The molecule has 6 nitrogen and oxygen atoms in total. The normalized spacial score (nSPS) is 19.9. The Balaban J connectivity index is 1.38. The number of para-hydroxylation sites is 1. The SMILES string of the molecule is O=C(O)C1CCCC(C(=O)NCc2ccc(-c3nc4ccccc4s3)o2)C1. The van der Waals surface area contributed by atoms with Gasteiger partial charge in [-0.1, -0.05) is 18.6 Å². The molecule has 1 aromatic carbocycles. The number of furan rings is 1. The summed E-state index contributed by atoms with van der Waals surface area (Å²) in [6.45, 7) is 0.290. The molecule has 27 heavy (non-hydrogen) atoms. The van der Waals surface area contributed by atoms with Crippen LogP contribution in [0.1, 0.15) is 31.4 Å². The van der Waals surface area contributed by atoms with Crippen molar-refractivity contribution >= 4 is 33.4 Å². The summed E-state index contributed by atoms with van der Waals surface area (Å²) in [5, 5.41) is 12.8. The minimum absolute atomic E-state index is 0.0983. The average Bonchev–Trinajstić information content (AvgIpc) is 3.32. The first-order valence-corrected chi connectivity index (χ1v) is 9.87. The summed E-state index contributed by atoms with van der Waals surface area (Å²) in [6.07, 6.45) is 2.58. The van der Waals surface area contributed by atoms with Gasteiger partial charge in [0.1, 0.15) is 5.76 Å². The Hall–Kier alpha value is -2.67. The van der Waals surface area contributed by atoms with Gasteiger partial charge in [-0.3, -0.25) is 9.59 Å². The first kappa shape index (κ1) is 17.7. The van der Waals surface area contributed by atoms with E-state index in [-0.39, 0.29) is 18.4 Å². The van der Waals surface area contributed by atoms with Gasteiger partial charge in [-0.2, -0.15) is 0 Å². The number of benzene rings is 1. The van der Waals surface area contributed by atoms with Gasteiger partial charge < -0.3 is 14.8 Å². The molecule has 140 valence electrons. The quantitative estimate of drug-likeness (QED) is 0.692. The van der Waals surface area contributed by atoms with Gasteiger partial charge >= 0.3 is 5.97 Å². The molecule has 1 saturated carbocycles. The van der Waals surface area contributed by atoms with Crippen LogP contribution in [-0.4, -0.2) is 22.0 Å². The van der Waals surface area contributed by atoms with Crippen molar-refractivity contribution in [1.29, 1.82) is 0 Å². The van der Waals surface area contributed by atoms with Gasteiger partial charge in [0.15, 0.2) is 10.8 Å². The number of hydrogen-bond donors (Lipinski definition) is 2. The van der Waals surface area contributed by atoms with E-state index in [1.165, 1.54) is 0 Å². The maximum absolute atomic E-state index is 12.4. The van der Waals surface area contributed by atoms with Crippen molar-refractivity contribution in [3.05, 3.63) is 42.2 Å². The third kappa shape index (κ3) is 3.88. The minimum atomic E-state index is -0.806. The molecule has 0 radical (unpaired) electrons. The molecule has 3 aromatic rings. The van der Waals surface area contributed by atoms with Gasteiger partial charge in [-0.15, -0.1) is 11.3 Å². The van der Waals surface area contributed by atoms with Crippen LogP contribution in [-0.2, 0) is 16.1 Å². The summed E-state index contributed by atoms with van der Waals surface area (Å²) in [4.78, 5) is 28.1. The lowest BCUT2D eigenvalue weighted by Crippen LogP contribution is -2.35. The molecule has 2 aromatic heterocycles. The molecule has 4 rings (SSSR count). The number of aliphatic carboxylic acids is 1. The number of nitrogens with zero attached hydrogens (tertiary/aromatic N) is 1. The van der Waals surface area contributed by atoms with E-state index in [0.717, 1.165) is 28.1 Å². The molecule has 1 aliphatic carbocycles. The largest absolute Gasteiger partial charge is 0.481 e. The van der Waals surface area contributed by atoms with Gasteiger partial charge in [0.2, 0.25) is 5.91 Å². The van der Waals surface area contributed by atoms with Crippen LogP contribution in [0.3, 0.4) is 0 Å². The van der Waals surface area contributed by atoms with Gasteiger partial charge in [-0.25, -0.2) is 4.98 Å². The lowest BCUT2D eigenvalue weighted by molar-refractivity contribution is -0.144. The number of amides is 1. The minimum Gasteiger partial charge on any atom is -0.481 e. The van der Waals surface area contributed by atoms with Crippen molar-refractivity contribution in [3.8, 4) is 10.8 Å². The van der Waals surface area contributed by atoms with Crippen LogP contribution in [0.5, 0.6) is 0 Å². The zero-order chi connectivity index (χ0) is 18.8. The van der Waals surface area contributed by atoms with E-state index in [9.17, 15) is 9.59 Å². The molecule has 2 N–H and O–H groups in total. The van der Waals surface area contributed by atoms with Gasteiger partial charge in [0, 0.05) is 5.92 Å². The Labute approximate surface area is 160 Å². The fraction of sp³-hybridized carbons (Fsp3) is 0.350. The first-order chi connectivity index (χ1) is 13.1. The molecule has 7 heteroatoms. The third-order valence-electron chi connectivity index (χ3n) is 5.00. The van der Waals surface area contributed by atoms with Gasteiger partial charge in [0.05, 0.1) is 22.7 Å². The standard InChI is InChI=1S/C20H20N2O4S/c23-18(12-4-3-5-13(10-12)20(24)25)21-11-14-8-9-16(26-14)19-22-15-6-1-2-7-17(15)27-19/h1-2,6-9,12-13H,3-5,10-11H2,(H,21,23)(H,24,25). The molecule has 1 amide bonds. The number of rotatable bonds is 5. The van der Waals surface area contributed by atoms with Crippen molar-refractivity contribution in [1.82, 2.24) is 10.3 Å². The summed E-state index contributed by atoms with van der Waals surface area (Å²) in [5.74, 6) is -0.215. The summed E-state index contributed by atoms with van der Waals surface area (Å²) in [7, 11) is 0. The smallest absolute Gasteiger partial charge is 0.306 e. The van der Waals surface area contributed by atoms with E-state index >= 15 is 0 Å². The number of carbonyl (C=O) groups excluding carboxylic acids is 1. The maximum atomic E-state index is 12.4. The molecule has 1 aliphatic rings. The lowest BCUT2D eigenvalue weighted by atomic mass is 9.81. The third-order valence-corrected chi connectivity index (χ3v) is 6.05. The van der Waals surface area contributed by atoms with Crippen LogP contribution in [0.4, 0.5) is 0 Å². The first-order valence-electron chi connectivity index (χ1n) is 9.05. The molecule has 0 bridgehead atoms. The maximum Gasteiger partial charge on any atom is 0.306 e. The molecular formula is C20H20N2O4S. The fourth-order valence-corrected chi connectivity index (χ4v) is 4.46. The Bertz CT molecular complexity index is 944. The molecule has 0 spiro atoms. The highest BCUT2D eigenvalue weighted by Gasteiger charge is 2.30. The van der Waals surface area contributed by atoms with Crippen molar-refractivity contribution in [3.63, 3.8) is 0 Å². The topological polar surface area (TPSA) is 92.4 Å².